The number of aromatic hydroxyl groups is 2. The van der Waals surface area contributed by atoms with Crippen LogP contribution in [-0.2, 0) is 6.42 Å². The van der Waals surface area contributed by atoms with Crippen molar-refractivity contribution in [2.45, 2.75) is 13.3 Å². The van der Waals surface area contributed by atoms with E-state index in [9.17, 15) is 15.0 Å². The molecule has 6 nitrogen and oxygen atoms in total. The van der Waals surface area contributed by atoms with E-state index in [2.05, 4.69) is 10.2 Å². The van der Waals surface area contributed by atoms with Gasteiger partial charge in [0.05, 0.1) is 11.4 Å². The van der Waals surface area contributed by atoms with E-state index in [0.29, 0.717) is 17.8 Å². The number of hydrogen-bond acceptors (Lipinski definition) is 5. The van der Waals surface area contributed by atoms with E-state index in [4.69, 9.17) is 5.11 Å². The summed E-state index contributed by atoms with van der Waals surface area (Å²) in [5.41, 5.74) is 1.39. The molecule has 0 saturated carbocycles. The molecule has 2 aromatic rings. The van der Waals surface area contributed by atoms with Crippen LogP contribution < -0.4 is 0 Å². The Hall–Kier alpha value is -2.89. The van der Waals surface area contributed by atoms with E-state index in [1.54, 1.807) is 12.1 Å². The number of phenols is 2. The molecule has 2 rings (SSSR count). The standard InChI is InChI=1S/C15H14N2O4/c1-2-9-7-10(3-5-13(9)18)16-17-11-4-6-14(19)12(8-11)15(20)21/h3-8,18-19H,2H2,1H3,(H,20,21). The van der Waals surface area contributed by atoms with Gasteiger partial charge in [-0.2, -0.15) is 10.2 Å². The number of rotatable bonds is 4. The highest BCUT2D eigenvalue weighted by Gasteiger charge is 2.09. The number of hydrogen-bond donors (Lipinski definition) is 3. The van der Waals surface area contributed by atoms with Crippen molar-refractivity contribution in [2.24, 2.45) is 10.2 Å². The number of carboxylic acids is 1. The summed E-state index contributed by atoms with van der Waals surface area (Å²) in [6.07, 6.45) is 0.664. The predicted octanol–water partition coefficient (Wildman–Crippen LogP) is 3.77. The van der Waals surface area contributed by atoms with Crippen molar-refractivity contribution in [3.63, 3.8) is 0 Å². The van der Waals surface area contributed by atoms with Crippen LogP contribution in [0, 0.1) is 0 Å². The van der Waals surface area contributed by atoms with Crippen molar-refractivity contribution in [3.05, 3.63) is 47.5 Å². The number of carboxylic acid groups (broad SMARTS) is 1. The van der Waals surface area contributed by atoms with Crippen molar-refractivity contribution in [1.29, 1.82) is 0 Å². The lowest BCUT2D eigenvalue weighted by atomic mass is 10.1. The molecule has 0 fully saturated rings. The van der Waals surface area contributed by atoms with E-state index < -0.39 is 5.97 Å². The van der Waals surface area contributed by atoms with Crippen LogP contribution in [0.4, 0.5) is 11.4 Å². The zero-order valence-corrected chi connectivity index (χ0v) is 11.3. The Morgan fingerprint density at radius 1 is 1.00 bits per heavy atom. The molecule has 0 saturated heterocycles. The summed E-state index contributed by atoms with van der Waals surface area (Å²) < 4.78 is 0. The molecule has 0 aliphatic carbocycles. The van der Waals surface area contributed by atoms with Gasteiger partial charge in [-0.1, -0.05) is 6.92 Å². The van der Waals surface area contributed by atoms with Crippen molar-refractivity contribution < 1.29 is 20.1 Å². The Morgan fingerprint density at radius 3 is 2.14 bits per heavy atom. The first kappa shape index (κ1) is 14.5. The summed E-state index contributed by atoms with van der Waals surface area (Å²) >= 11 is 0. The molecule has 0 aliphatic rings. The van der Waals surface area contributed by atoms with E-state index >= 15 is 0 Å². The minimum atomic E-state index is -1.23. The molecule has 2 aromatic carbocycles. The van der Waals surface area contributed by atoms with Crippen LogP contribution in [0.5, 0.6) is 11.5 Å². The quantitative estimate of drug-likeness (QED) is 0.744. The second-order valence-electron chi connectivity index (χ2n) is 4.37. The van der Waals surface area contributed by atoms with Gasteiger partial charge in [0.15, 0.2) is 0 Å². The number of azo groups is 1. The third-order valence-corrected chi connectivity index (χ3v) is 2.94. The number of aromatic carboxylic acids is 1. The number of phenolic OH excluding ortho intramolecular Hbond substituents is 1. The predicted molar refractivity (Wildman–Crippen MR) is 76.7 cm³/mol. The normalized spacial score (nSPS) is 10.9. The molecule has 0 unspecified atom stereocenters. The smallest absolute Gasteiger partial charge is 0.339 e. The molecule has 0 bridgehead atoms. The third kappa shape index (κ3) is 3.36. The molecule has 0 spiro atoms. The molecule has 0 atom stereocenters. The Morgan fingerprint density at radius 2 is 1.57 bits per heavy atom. The van der Waals surface area contributed by atoms with Crippen molar-refractivity contribution in [1.82, 2.24) is 0 Å². The fourth-order valence-corrected chi connectivity index (χ4v) is 1.79. The molecule has 108 valence electrons. The second kappa shape index (κ2) is 6.04. The SMILES string of the molecule is CCc1cc(N=Nc2ccc(O)c(C(=O)O)c2)ccc1O. The van der Waals surface area contributed by atoms with Gasteiger partial charge in [-0.05, 0) is 48.4 Å². The molecule has 3 N–H and O–H groups in total. The van der Waals surface area contributed by atoms with Gasteiger partial charge >= 0.3 is 5.97 Å². The lowest BCUT2D eigenvalue weighted by molar-refractivity contribution is 0.0694. The van der Waals surface area contributed by atoms with Crippen LogP contribution in [0.1, 0.15) is 22.8 Å². The molecule has 0 aromatic heterocycles. The minimum Gasteiger partial charge on any atom is -0.508 e. The summed E-state index contributed by atoms with van der Waals surface area (Å²) in [6, 6.07) is 8.81. The number of aryl methyl sites for hydroxylation is 1. The number of carbonyl (C=O) groups is 1. The topological polar surface area (TPSA) is 102 Å². The summed E-state index contributed by atoms with van der Waals surface area (Å²) in [5, 5.41) is 35.8. The molecule has 0 aliphatic heterocycles. The first-order valence-electron chi connectivity index (χ1n) is 6.31. The van der Waals surface area contributed by atoms with Crippen LogP contribution >= 0.6 is 0 Å². The van der Waals surface area contributed by atoms with Gasteiger partial charge in [0, 0.05) is 0 Å². The van der Waals surface area contributed by atoms with E-state index in [1.807, 2.05) is 6.92 Å². The van der Waals surface area contributed by atoms with Gasteiger partial charge in [0.1, 0.15) is 17.1 Å². The molecule has 0 amide bonds. The van der Waals surface area contributed by atoms with Crippen molar-refractivity contribution >= 4 is 17.3 Å². The van der Waals surface area contributed by atoms with E-state index in [0.717, 1.165) is 5.56 Å². The van der Waals surface area contributed by atoms with E-state index in [1.165, 1.54) is 24.3 Å². The number of benzene rings is 2. The molecule has 0 radical (unpaired) electrons. The van der Waals surface area contributed by atoms with Crippen LogP contribution in [0.3, 0.4) is 0 Å². The van der Waals surface area contributed by atoms with Gasteiger partial charge in [0.25, 0.3) is 0 Å². The Balaban J connectivity index is 2.29. The summed E-state index contributed by atoms with van der Waals surface area (Å²) in [5.74, 6) is -1.35. The average Bonchev–Trinajstić information content (AvgIpc) is 2.47. The highest BCUT2D eigenvalue weighted by atomic mass is 16.4. The highest BCUT2D eigenvalue weighted by Crippen LogP contribution is 2.27. The lowest BCUT2D eigenvalue weighted by Gasteiger charge is -2.02. The first-order chi connectivity index (χ1) is 10.0. The van der Waals surface area contributed by atoms with Crippen LogP contribution in [0.2, 0.25) is 0 Å². The molecule has 21 heavy (non-hydrogen) atoms. The van der Waals surface area contributed by atoms with Crippen LogP contribution in [0.25, 0.3) is 0 Å². The zero-order valence-electron chi connectivity index (χ0n) is 11.3. The second-order valence-corrected chi connectivity index (χ2v) is 4.37. The zero-order chi connectivity index (χ0) is 15.4. The lowest BCUT2D eigenvalue weighted by Crippen LogP contribution is -1.95. The Bertz CT molecular complexity index is 711. The third-order valence-electron chi connectivity index (χ3n) is 2.94. The fourth-order valence-electron chi connectivity index (χ4n) is 1.79. The monoisotopic (exact) mass is 286 g/mol. The van der Waals surface area contributed by atoms with Crippen LogP contribution in [-0.4, -0.2) is 21.3 Å². The van der Waals surface area contributed by atoms with Gasteiger partial charge in [-0.25, -0.2) is 4.79 Å². The largest absolute Gasteiger partial charge is 0.508 e. The summed E-state index contributed by atoms with van der Waals surface area (Å²) in [7, 11) is 0. The molecular formula is C15H14N2O4. The maximum absolute atomic E-state index is 10.9. The minimum absolute atomic E-state index is 0.203. The van der Waals surface area contributed by atoms with E-state index in [-0.39, 0.29) is 17.1 Å². The number of nitrogens with zero attached hydrogens (tertiary/aromatic N) is 2. The van der Waals surface area contributed by atoms with Gasteiger partial charge in [-0.3, -0.25) is 0 Å². The summed E-state index contributed by atoms with van der Waals surface area (Å²) in [4.78, 5) is 10.9. The van der Waals surface area contributed by atoms with Crippen molar-refractivity contribution in [3.8, 4) is 11.5 Å². The Kier molecular flexibility index (Phi) is 4.18. The Labute approximate surface area is 121 Å². The molecule has 6 heteroatoms. The summed E-state index contributed by atoms with van der Waals surface area (Å²) in [6.45, 7) is 1.91. The van der Waals surface area contributed by atoms with Crippen LogP contribution in [0.15, 0.2) is 46.6 Å². The van der Waals surface area contributed by atoms with Gasteiger partial charge in [-0.15, -0.1) is 0 Å². The maximum Gasteiger partial charge on any atom is 0.339 e. The maximum atomic E-state index is 10.9. The average molecular weight is 286 g/mol. The molecular weight excluding hydrogens is 272 g/mol. The van der Waals surface area contributed by atoms with Gasteiger partial charge < -0.3 is 15.3 Å². The first-order valence-corrected chi connectivity index (χ1v) is 6.31. The van der Waals surface area contributed by atoms with Gasteiger partial charge in [0.2, 0.25) is 0 Å². The fraction of sp³-hybridized carbons (Fsp3) is 0.133. The highest BCUT2D eigenvalue weighted by molar-refractivity contribution is 5.91. The van der Waals surface area contributed by atoms with Crippen molar-refractivity contribution in [2.75, 3.05) is 0 Å². The molecule has 0 heterocycles.